The molecule has 0 aromatic heterocycles. The summed E-state index contributed by atoms with van der Waals surface area (Å²) in [5.74, 6) is 0.263. The molecule has 26 heavy (non-hydrogen) atoms. The van der Waals surface area contributed by atoms with Crippen molar-refractivity contribution in [1.82, 2.24) is 14.7 Å². The van der Waals surface area contributed by atoms with E-state index in [0.717, 1.165) is 17.7 Å². The average molecular weight is 375 g/mol. The zero-order chi connectivity index (χ0) is 18.7. The van der Waals surface area contributed by atoms with Crippen LogP contribution in [0.5, 0.6) is 0 Å². The first kappa shape index (κ1) is 19.5. The molecule has 1 saturated carbocycles. The summed E-state index contributed by atoms with van der Waals surface area (Å²) in [4.78, 5) is 29.5. The molecule has 2 heterocycles. The number of likely N-dealkylation sites (tertiary alicyclic amines) is 1. The smallest absolute Gasteiger partial charge is 0.340 e. The lowest BCUT2D eigenvalue weighted by Gasteiger charge is -2.38. The van der Waals surface area contributed by atoms with Gasteiger partial charge in [-0.3, -0.25) is 14.5 Å². The fourth-order valence-corrected chi connectivity index (χ4v) is 4.48. The average Bonchev–Trinajstić information content (AvgIpc) is 2.95. The first-order valence-corrected chi connectivity index (χ1v) is 9.71. The van der Waals surface area contributed by atoms with Crippen LogP contribution in [0.4, 0.5) is 13.2 Å². The predicted octanol–water partition coefficient (Wildman–Crippen LogP) is 2.26. The molecule has 2 amide bonds. The van der Waals surface area contributed by atoms with Crippen LogP contribution in [0.3, 0.4) is 0 Å². The fraction of sp³-hybridized carbons (Fsp3) is 0.889. The largest absolute Gasteiger partial charge is 0.406 e. The third-order valence-electron chi connectivity index (χ3n) is 5.94. The van der Waals surface area contributed by atoms with Gasteiger partial charge in [-0.25, -0.2) is 0 Å². The Morgan fingerprint density at radius 3 is 2.23 bits per heavy atom. The number of nitrogens with zero attached hydrogens (tertiary/aromatic N) is 3. The van der Waals surface area contributed by atoms with Crippen molar-refractivity contribution < 1.29 is 22.8 Å². The van der Waals surface area contributed by atoms with Crippen molar-refractivity contribution in [3.63, 3.8) is 0 Å². The Morgan fingerprint density at radius 1 is 0.962 bits per heavy atom. The number of carbonyl (C=O) groups excluding carboxylic acids is 2. The Balaban J connectivity index is 1.45. The highest BCUT2D eigenvalue weighted by atomic mass is 19.4. The maximum absolute atomic E-state index is 12.5. The van der Waals surface area contributed by atoms with Gasteiger partial charge < -0.3 is 9.80 Å². The van der Waals surface area contributed by atoms with Gasteiger partial charge in [-0.1, -0.05) is 19.3 Å². The van der Waals surface area contributed by atoms with Gasteiger partial charge in [0.05, 0.1) is 6.04 Å². The first-order valence-electron chi connectivity index (χ1n) is 9.71. The van der Waals surface area contributed by atoms with E-state index in [9.17, 15) is 22.8 Å². The highest BCUT2D eigenvalue weighted by Crippen LogP contribution is 2.28. The number of amides is 2. The second-order valence-electron chi connectivity index (χ2n) is 7.80. The van der Waals surface area contributed by atoms with E-state index >= 15 is 0 Å². The van der Waals surface area contributed by atoms with Crippen molar-refractivity contribution in [2.75, 3.05) is 39.3 Å². The van der Waals surface area contributed by atoms with E-state index in [1.54, 1.807) is 0 Å². The molecular formula is C18H28F3N3O2. The van der Waals surface area contributed by atoms with Crippen LogP contribution in [0.15, 0.2) is 0 Å². The summed E-state index contributed by atoms with van der Waals surface area (Å²) >= 11 is 0. The maximum atomic E-state index is 12.5. The molecule has 0 N–H and O–H groups in total. The second kappa shape index (κ2) is 8.15. The lowest BCUT2D eigenvalue weighted by atomic mass is 9.86. The molecule has 2 aliphatic heterocycles. The summed E-state index contributed by atoms with van der Waals surface area (Å²) in [6, 6.07) is -0.465. The van der Waals surface area contributed by atoms with Crippen molar-refractivity contribution in [2.45, 2.75) is 57.2 Å². The molecule has 0 bridgehead atoms. The number of hydrogen-bond acceptors (Lipinski definition) is 3. The summed E-state index contributed by atoms with van der Waals surface area (Å²) in [6.45, 7) is 1.24. The molecule has 1 atom stereocenters. The van der Waals surface area contributed by atoms with Crippen molar-refractivity contribution in [2.24, 2.45) is 5.92 Å². The summed E-state index contributed by atoms with van der Waals surface area (Å²) in [7, 11) is 0. The Bertz CT molecular complexity index is 512. The SMILES string of the molecule is O=C(CC1CCCCC1)N1CCN(C2CCN(CC(F)(F)F)C2=O)CC1. The van der Waals surface area contributed by atoms with Gasteiger partial charge in [0.2, 0.25) is 11.8 Å². The van der Waals surface area contributed by atoms with Gasteiger partial charge >= 0.3 is 6.18 Å². The van der Waals surface area contributed by atoms with E-state index in [2.05, 4.69) is 0 Å². The van der Waals surface area contributed by atoms with E-state index in [-0.39, 0.29) is 12.5 Å². The van der Waals surface area contributed by atoms with Crippen LogP contribution < -0.4 is 0 Å². The Morgan fingerprint density at radius 2 is 1.62 bits per heavy atom. The molecule has 8 heteroatoms. The van der Waals surface area contributed by atoms with E-state index in [1.165, 1.54) is 19.3 Å². The molecule has 0 spiro atoms. The van der Waals surface area contributed by atoms with Gasteiger partial charge in [-0.15, -0.1) is 0 Å². The molecule has 1 aliphatic carbocycles. The number of alkyl halides is 3. The predicted molar refractivity (Wildman–Crippen MR) is 90.4 cm³/mol. The van der Waals surface area contributed by atoms with Crippen LogP contribution in [0, 0.1) is 5.92 Å². The monoisotopic (exact) mass is 375 g/mol. The Hall–Kier alpha value is -1.31. The van der Waals surface area contributed by atoms with E-state index in [0.29, 0.717) is 44.9 Å². The summed E-state index contributed by atoms with van der Waals surface area (Å²) in [5.41, 5.74) is 0. The van der Waals surface area contributed by atoms with Gasteiger partial charge in [0.25, 0.3) is 0 Å². The van der Waals surface area contributed by atoms with Gasteiger partial charge in [-0.2, -0.15) is 13.2 Å². The van der Waals surface area contributed by atoms with Crippen molar-refractivity contribution in [3.8, 4) is 0 Å². The highest BCUT2D eigenvalue weighted by Gasteiger charge is 2.42. The molecule has 5 nitrogen and oxygen atoms in total. The fourth-order valence-electron chi connectivity index (χ4n) is 4.48. The first-order chi connectivity index (χ1) is 12.3. The molecule has 3 aliphatic rings. The lowest BCUT2D eigenvalue weighted by molar-refractivity contribution is -0.159. The van der Waals surface area contributed by atoms with Gasteiger partial charge in [-0.05, 0) is 25.2 Å². The van der Waals surface area contributed by atoms with Crippen molar-refractivity contribution in [1.29, 1.82) is 0 Å². The minimum atomic E-state index is -4.35. The van der Waals surface area contributed by atoms with Gasteiger partial charge in [0.1, 0.15) is 6.54 Å². The molecule has 1 unspecified atom stereocenters. The molecule has 148 valence electrons. The number of hydrogen-bond donors (Lipinski definition) is 0. The standard InChI is InChI=1S/C18H28F3N3O2/c19-18(20,21)13-24-7-6-15(17(24)26)22-8-10-23(11-9-22)16(25)12-14-4-2-1-3-5-14/h14-15H,1-13H2. The van der Waals surface area contributed by atoms with Crippen LogP contribution in [0.2, 0.25) is 0 Å². The summed E-state index contributed by atoms with van der Waals surface area (Å²) in [5, 5.41) is 0. The van der Waals surface area contributed by atoms with E-state index < -0.39 is 24.7 Å². The zero-order valence-corrected chi connectivity index (χ0v) is 15.1. The maximum Gasteiger partial charge on any atom is 0.406 e. The van der Waals surface area contributed by atoms with E-state index in [1.807, 2.05) is 9.80 Å². The van der Waals surface area contributed by atoms with Crippen LogP contribution in [-0.2, 0) is 9.59 Å². The van der Waals surface area contributed by atoms with Gasteiger partial charge in [0, 0.05) is 39.1 Å². The second-order valence-corrected chi connectivity index (χ2v) is 7.80. The topological polar surface area (TPSA) is 43.9 Å². The normalized spacial score (nSPS) is 26.6. The molecule has 3 fully saturated rings. The molecule has 2 saturated heterocycles. The summed E-state index contributed by atoms with van der Waals surface area (Å²) in [6.07, 6.45) is 2.66. The number of rotatable bonds is 4. The van der Waals surface area contributed by atoms with Gasteiger partial charge in [0.15, 0.2) is 0 Å². The third kappa shape index (κ3) is 4.90. The minimum Gasteiger partial charge on any atom is -0.340 e. The number of carbonyl (C=O) groups is 2. The van der Waals surface area contributed by atoms with Crippen molar-refractivity contribution >= 4 is 11.8 Å². The number of piperazine rings is 1. The van der Waals surface area contributed by atoms with Crippen LogP contribution in [0.1, 0.15) is 44.9 Å². The van der Waals surface area contributed by atoms with Crippen LogP contribution in [-0.4, -0.2) is 78.0 Å². The molecule has 0 aromatic carbocycles. The Kier molecular flexibility index (Phi) is 6.10. The quantitative estimate of drug-likeness (QED) is 0.757. The zero-order valence-electron chi connectivity index (χ0n) is 15.1. The Labute approximate surface area is 152 Å². The van der Waals surface area contributed by atoms with Crippen molar-refractivity contribution in [3.05, 3.63) is 0 Å². The summed E-state index contributed by atoms with van der Waals surface area (Å²) < 4.78 is 37.6. The molecular weight excluding hydrogens is 347 g/mol. The van der Waals surface area contributed by atoms with Crippen LogP contribution >= 0.6 is 0 Å². The highest BCUT2D eigenvalue weighted by molar-refractivity contribution is 5.84. The molecule has 0 aromatic rings. The van der Waals surface area contributed by atoms with Crippen LogP contribution in [0.25, 0.3) is 0 Å². The third-order valence-corrected chi connectivity index (χ3v) is 5.94. The number of halogens is 3. The lowest BCUT2D eigenvalue weighted by Crippen LogP contribution is -2.54. The molecule has 0 radical (unpaired) electrons. The minimum absolute atomic E-state index is 0.157. The van der Waals surface area contributed by atoms with E-state index in [4.69, 9.17) is 0 Å². The molecule has 3 rings (SSSR count).